The molecule has 0 aliphatic rings. The van der Waals surface area contributed by atoms with Gasteiger partial charge in [-0.05, 0) is 13.2 Å². The number of thiazole rings is 1. The van der Waals surface area contributed by atoms with Crippen molar-refractivity contribution >= 4 is 28.1 Å². The topological polar surface area (TPSA) is 29.3 Å². The molecule has 0 bridgehead atoms. The molecular formula is C10H15N3S2. The summed E-state index contributed by atoms with van der Waals surface area (Å²) in [6.45, 7) is 4.04. The fraction of sp³-hybridized carbons (Fsp3) is 0.500. The van der Waals surface area contributed by atoms with E-state index in [1.165, 1.54) is 5.69 Å². The molecule has 0 radical (unpaired) electrons. The molecule has 0 saturated carbocycles. The van der Waals surface area contributed by atoms with Gasteiger partial charge in [-0.2, -0.15) is 11.8 Å². The van der Waals surface area contributed by atoms with E-state index >= 15 is 0 Å². The third-order valence-electron chi connectivity index (χ3n) is 2.34. The average molecular weight is 241 g/mol. The highest BCUT2D eigenvalue weighted by molar-refractivity contribution is 7.98. The van der Waals surface area contributed by atoms with E-state index in [0.29, 0.717) is 0 Å². The van der Waals surface area contributed by atoms with E-state index in [-0.39, 0.29) is 0 Å². The van der Waals surface area contributed by atoms with Gasteiger partial charge in [0.25, 0.3) is 0 Å². The maximum absolute atomic E-state index is 4.51. The van der Waals surface area contributed by atoms with Gasteiger partial charge in [0.2, 0.25) is 0 Å². The molecule has 15 heavy (non-hydrogen) atoms. The van der Waals surface area contributed by atoms with E-state index in [1.807, 2.05) is 11.8 Å². The Morgan fingerprint density at radius 2 is 2.47 bits per heavy atom. The number of imidazole rings is 1. The maximum atomic E-state index is 4.51. The fourth-order valence-corrected chi connectivity index (χ4v) is 2.66. The largest absolute Gasteiger partial charge is 0.310 e. The fourth-order valence-electron chi connectivity index (χ4n) is 1.53. The van der Waals surface area contributed by atoms with Gasteiger partial charge in [-0.15, -0.1) is 11.3 Å². The number of nitrogens with zero attached hydrogens (tertiary/aromatic N) is 2. The van der Waals surface area contributed by atoms with Crippen molar-refractivity contribution in [1.29, 1.82) is 0 Å². The summed E-state index contributed by atoms with van der Waals surface area (Å²) in [7, 11) is 0. The van der Waals surface area contributed by atoms with E-state index in [4.69, 9.17) is 0 Å². The van der Waals surface area contributed by atoms with Crippen LogP contribution in [0.2, 0.25) is 0 Å². The number of aryl methyl sites for hydroxylation is 1. The first-order valence-electron chi connectivity index (χ1n) is 4.93. The van der Waals surface area contributed by atoms with E-state index in [0.717, 1.165) is 29.5 Å². The second-order valence-electron chi connectivity index (χ2n) is 3.37. The number of thioether (sulfide) groups is 1. The van der Waals surface area contributed by atoms with Crippen LogP contribution in [-0.2, 0) is 6.54 Å². The van der Waals surface area contributed by atoms with Crippen LogP contribution in [0.3, 0.4) is 0 Å². The van der Waals surface area contributed by atoms with E-state index < -0.39 is 0 Å². The molecule has 2 aromatic rings. The van der Waals surface area contributed by atoms with Crippen LogP contribution in [0.15, 0.2) is 11.6 Å². The number of fused-ring (bicyclic) bond motifs is 1. The van der Waals surface area contributed by atoms with Gasteiger partial charge >= 0.3 is 0 Å². The number of aromatic nitrogens is 2. The molecule has 0 saturated heterocycles. The van der Waals surface area contributed by atoms with E-state index in [1.54, 1.807) is 11.3 Å². The predicted molar refractivity (Wildman–Crippen MR) is 67.9 cm³/mol. The van der Waals surface area contributed by atoms with Gasteiger partial charge in [0.15, 0.2) is 4.96 Å². The molecule has 0 amide bonds. The maximum Gasteiger partial charge on any atom is 0.194 e. The lowest BCUT2D eigenvalue weighted by atomic mass is 10.3. The number of hydrogen-bond acceptors (Lipinski definition) is 4. The zero-order chi connectivity index (χ0) is 10.7. The highest BCUT2D eigenvalue weighted by Gasteiger charge is 2.08. The minimum Gasteiger partial charge on any atom is -0.310 e. The Balaban J connectivity index is 2.05. The van der Waals surface area contributed by atoms with Crippen molar-refractivity contribution in [2.45, 2.75) is 13.5 Å². The third kappa shape index (κ3) is 2.35. The molecule has 3 nitrogen and oxygen atoms in total. The molecule has 2 rings (SSSR count). The van der Waals surface area contributed by atoms with Crippen molar-refractivity contribution in [2.75, 3.05) is 18.6 Å². The monoisotopic (exact) mass is 241 g/mol. The highest BCUT2D eigenvalue weighted by Crippen LogP contribution is 2.16. The van der Waals surface area contributed by atoms with Crippen LogP contribution in [0.25, 0.3) is 4.96 Å². The molecule has 0 aromatic carbocycles. The second-order valence-corrected chi connectivity index (χ2v) is 5.23. The van der Waals surface area contributed by atoms with Crippen LogP contribution >= 0.6 is 23.1 Å². The minimum atomic E-state index is 0.907. The molecule has 0 spiro atoms. The van der Waals surface area contributed by atoms with Crippen molar-refractivity contribution in [2.24, 2.45) is 0 Å². The van der Waals surface area contributed by atoms with Gasteiger partial charge in [-0.25, -0.2) is 4.98 Å². The Hall–Kier alpha value is -0.520. The van der Waals surface area contributed by atoms with Gasteiger partial charge in [0, 0.05) is 30.4 Å². The number of nitrogens with one attached hydrogen (secondary N) is 1. The quantitative estimate of drug-likeness (QED) is 0.813. The SMILES string of the molecule is CSCCNCc1c(C)nc2sccn12. The molecule has 0 aliphatic carbocycles. The summed E-state index contributed by atoms with van der Waals surface area (Å²) in [5.74, 6) is 1.16. The van der Waals surface area contributed by atoms with Crippen LogP contribution in [0.1, 0.15) is 11.4 Å². The van der Waals surface area contributed by atoms with Gasteiger partial charge in [0.1, 0.15) is 0 Å². The molecule has 2 aromatic heterocycles. The third-order valence-corrected chi connectivity index (χ3v) is 3.71. The lowest BCUT2D eigenvalue weighted by Crippen LogP contribution is -2.17. The standard InChI is InChI=1S/C10H15N3S2/c1-8-9(7-11-3-5-14-2)13-4-6-15-10(13)12-8/h4,6,11H,3,5,7H2,1-2H3. The first-order chi connectivity index (χ1) is 7.33. The lowest BCUT2D eigenvalue weighted by Gasteiger charge is -2.03. The lowest BCUT2D eigenvalue weighted by molar-refractivity contribution is 0.707. The van der Waals surface area contributed by atoms with E-state index in [9.17, 15) is 0 Å². The second kappa shape index (κ2) is 5.01. The van der Waals surface area contributed by atoms with E-state index in [2.05, 4.69) is 39.5 Å². The van der Waals surface area contributed by atoms with Crippen molar-refractivity contribution in [1.82, 2.24) is 14.7 Å². The summed E-state index contributed by atoms with van der Waals surface area (Å²) in [6.07, 6.45) is 4.22. The molecule has 0 unspecified atom stereocenters. The summed E-state index contributed by atoms with van der Waals surface area (Å²) < 4.78 is 2.17. The number of rotatable bonds is 5. The van der Waals surface area contributed by atoms with Gasteiger partial charge in [-0.1, -0.05) is 0 Å². The first kappa shape index (κ1) is 11.0. The Bertz CT molecular complexity index is 433. The van der Waals surface area contributed by atoms with Crippen LogP contribution in [0.4, 0.5) is 0 Å². The highest BCUT2D eigenvalue weighted by atomic mass is 32.2. The molecule has 2 heterocycles. The Kier molecular flexibility index (Phi) is 3.66. The Labute approximate surface area is 97.9 Å². The van der Waals surface area contributed by atoms with Crippen molar-refractivity contribution in [3.63, 3.8) is 0 Å². The van der Waals surface area contributed by atoms with Crippen molar-refractivity contribution < 1.29 is 0 Å². The zero-order valence-electron chi connectivity index (χ0n) is 8.99. The Morgan fingerprint density at radius 1 is 1.60 bits per heavy atom. The van der Waals surface area contributed by atoms with Gasteiger partial charge in [0.05, 0.1) is 11.4 Å². The summed E-state index contributed by atoms with van der Waals surface area (Å²) in [4.78, 5) is 5.60. The summed E-state index contributed by atoms with van der Waals surface area (Å²) >= 11 is 3.55. The predicted octanol–water partition coefficient (Wildman–Crippen LogP) is 2.16. The minimum absolute atomic E-state index is 0.907. The Morgan fingerprint density at radius 3 is 3.27 bits per heavy atom. The van der Waals surface area contributed by atoms with Crippen LogP contribution in [0, 0.1) is 6.92 Å². The molecular weight excluding hydrogens is 226 g/mol. The summed E-state index contributed by atoms with van der Waals surface area (Å²) in [5.41, 5.74) is 2.42. The molecule has 0 atom stereocenters. The van der Waals surface area contributed by atoms with Crippen molar-refractivity contribution in [3.05, 3.63) is 23.0 Å². The van der Waals surface area contributed by atoms with Gasteiger partial charge in [-0.3, -0.25) is 4.40 Å². The smallest absolute Gasteiger partial charge is 0.194 e. The van der Waals surface area contributed by atoms with Crippen LogP contribution in [-0.4, -0.2) is 27.9 Å². The normalized spacial score (nSPS) is 11.3. The van der Waals surface area contributed by atoms with Crippen molar-refractivity contribution in [3.8, 4) is 0 Å². The summed E-state index contributed by atoms with van der Waals surface area (Å²) in [6, 6.07) is 0. The molecule has 0 fully saturated rings. The van der Waals surface area contributed by atoms with Crippen LogP contribution < -0.4 is 5.32 Å². The zero-order valence-corrected chi connectivity index (χ0v) is 10.6. The van der Waals surface area contributed by atoms with Gasteiger partial charge < -0.3 is 5.32 Å². The summed E-state index contributed by atoms with van der Waals surface area (Å²) in [5, 5.41) is 5.51. The molecule has 5 heteroatoms. The molecule has 0 aliphatic heterocycles. The van der Waals surface area contributed by atoms with Crippen LogP contribution in [0.5, 0.6) is 0 Å². The molecule has 82 valence electrons. The number of hydrogen-bond donors (Lipinski definition) is 1. The first-order valence-corrected chi connectivity index (χ1v) is 7.21. The molecule has 1 N–H and O–H groups in total. The average Bonchev–Trinajstić information content (AvgIpc) is 2.75.